The number of amidine groups is 1. The molecule has 0 aliphatic rings. The highest BCUT2D eigenvalue weighted by atomic mass is 19.1. The third-order valence-corrected chi connectivity index (χ3v) is 2.38. The number of nitrogens with two attached hydrogens (primary N) is 1. The largest absolute Gasteiger partial charge is 0.454 e. The smallest absolute Gasteiger partial charge is 0.173 e. The Morgan fingerprint density at radius 3 is 2.53 bits per heavy atom. The molecule has 0 atom stereocenters. The lowest BCUT2D eigenvalue weighted by molar-refractivity contribution is 0.318. The molecule has 4 nitrogen and oxygen atoms in total. The molecule has 0 saturated heterocycles. The van der Waals surface area contributed by atoms with Crippen molar-refractivity contribution >= 4 is 5.84 Å². The van der Waals surface area contributed by atoms with Crippen LogP contribution >= 0.6 is 0 Å². The molecule has 0 fully saturated rings. The van der Waals surface area contributed by atoms with Gasteiger partial charge in [-0.2, -0.15) is 0 Å². The number of ether oxygens (including phenoxy) is 1. The maximum atomic E-state index is 13.5. The van der Waals surface area contributed by atoms with Gasteiger partial charge < -0.3 is 15.7 Å². The standard InChI is InChI=1S/C13H10F2N2O2/c14-8-5-6-11(9(7-8)13(16)17-18)19-12-4-2-1-3-10(12)15/h1-7,18H,(H2,16,17). The molecule has 0 aliphatic heterocycles. The van der Waals surface area contributed by atoms with Gasteiger partial charge in [0.05, 0.1) is 5.56 Å². The highest BCUT2D eigenvalue weighted by Crippen LogP contribution is 2.27. The van der Waals surface area contributed by atoms with Gasteiger partial charge in [0.2, 0.25) is 0 Å². The molecule has 0 unspecified atom stereocenters. The van der Waals surface area contributed by atoms with Gasteiger partial charge in [-0.05, 0) is 30.3 Å². The first-order chi connectivity index (χ1) is 9.11. The number of rotatable bonds is 3. The van der Waals surface area contributed by atoms with Crippen LogP contribution in [0.1, 0.15) is 5.56 Å². The molecule has 2 aromatic rings. The maximum Gasteiger partial charge on any atom is 0.173 e. The Bertz CT molecular complexity index is 630. The minimum absolute atomic E-state index is 0.0331. The van der Waals surface area contributed by atoms with Gasteiger partial charge in [-0.15, -0.1) is 0 Å². The van der Waals surface area contributed by atoms with Gasteiger partial charge in [0, 0.05) is 0 Å². The zero-order chi connectivity index (χ0) is 13.8. The normalized spacial score (nSPS) is 11.4. The molecule has 19 heavy (non-hydrogen) atoms. The molecular weight excluding hydrogens is 254 g/mol. The second kappa shape index (κ2) is 5.34. The molecule has 0 bridgehead atoms. The lowest BCUT2D eigenvalue weighted by Gasteiger charge is -2.10. The van der Waals surface area contributed by atoms with E-state index in [4.69, 9.17) is 15.7 Å². The lowest BCUT2D eigenvalue weighted by Crippen LogP contribution is -2.14. The van der Waals surface area contributed by atoms with Gasteiger partial charge in [-0.25, -0.2) is 8.78 Å². The number of nitrogens with zero attached hydrogens (tertiary/aromatic N) is 1. The van der Waals surface area contributed by atoms with Gasteiger partial charge in [-0.3, -0.25) is 0 Å². The fourth-order valence-corrected chi connectivity index (χ4v) is 1.49. The summed E-state index contributed by atoms with van der Waals surface area (Å²) < 4.78 is 31.9. The Morgan fingerprint density at radius 2 is 1.84 bits per heavy atom. The summed E-state index contributed by atoms with van der Waals surface area (Å²) in [5.74, 6) is -1.44. The molecule has 0 aliphatic carbocycles. The SMILES string of the molecule is NC(=NO)c1cc(F)ccc1Oc1ccccc1F. The Hall–Kier alpha value is -2.63. The Balaban J connectivity index is 2.43. The summed E-state index contributed by atoms with van der Waals surface area (Å²) in [7, 11) is 0. The second-order valence-electron chi connectivity index (χ2n) is 3.66. The summed E-state index contributed by atoms with van der Waals surface area (Å²) in [5.41, 5.74) is 5.45. The molecule has 0 heterocycles. The summed E-state index contributed by atoms with van der Waals surface area (Å²) in [6.45, 7) is 0. The number of hydrogen-bond acceptors (Lipinski definition) is 3. The van der Waals surface area contributed by atoms with Crippen LogP contribution in [0.15, 0.2) is 47.6 Å². The number of oxime groups is 1. The van der Waals surface area contributed by atoms with Crippen LogP contribution < -0.4 is 10.5 Å². The van der Waals surface area contributed by atoms with E-state index in [0.717, 1.165) is 12.1 Å². The Morgan fingerprint density at radius 1 is 1.11 bits per heavy atom. The molecule has 0 spiro atoms. The Kier molecular flexibility index (Phi) is 3.61. The predicted octanol–water partition coefficient (Wildman–Crippen LogP) is 2.85. The number of hydrogen-bond donors (Lipinski definition) is 2. The van der Waals surface area contributed by atoms with Crippen LogP contribution in [0.25, 0.3) is 0 Å². The number of benzene rings is 2. The van der Waals surface area contributed by atoms with E-state index in [1.165, 1.54) is 24.3 Å². The summed E-state index contributed by atoms with van der Waals surface area (Å²) in [6, 6.07) is 9.17. The first kappa shape index (κ1) is 12.8. The van der Waals surface area contributed by atoms with Crippen LogP contribution in [0.5, 0.6) is 11.5 Å². The van der Waals surface area contributed by atoms with E-state index in [9.17, 15) is 8.78 Å². The van der Waals surface area contributed by atoms with Crippen molar-refractivity contribution in [3.8, 4) is 11.5 Å². The number of para-hydroxylation sites is 1. The van der Waals surface area contributed by atoms with E-state index < -0.39 is 11.6 Å². The molecule has 2 rings (SSSR count). The molecule has 0 aromatic heterocycles. The molecule has 6 heteroatoms. The van der Waals surface area contributed by atoms with Crippen molar-refractivity contribution in [2.75, 3.05) is 0 Å². The van der Waals surface area contributed by atoms with Crippen LogP contribution in [-0.4, -0.2) is 11.0 Å². The van der Waals surface area contributed by atoms with Crippen molar-refractivity contribution in [2.45, 2.75) is 0 Å². The van der Waals surface area contributed by atoms with Crippen LogP contribution in [-0.2, 0) is 0 Å². The van der Waals surface area contributed by atoms with Crippen molar-refractivity contribution in [2.24, 2.45) is 10.9 Å². The van der Waals surface area contributed by atoms with E-state index in [0.29, 0.717) is 0 Å². The molecular formula is C13H10F2N2O2. The highest BCUT2D eigenvalue weighted by Gasteiger charge is 2.12. The monoisotopic (exact) mass is 264 g/mol. The molecule has 0 radical (unpaired) electrons. The zero-order valence-corrected chi connectivity index (χ0v) is 9.68. The molecule has 0 amide bonds. The van der Waals surface area contributed by atoms with Gasteiger partial charge >= 0.3 is 0 Å². The first-order valence-corrected chi connectivity index (χ1v) is 5.31. The van der Waals surface area contributed by atoms with Crippen LogP contribution in [0.2, 0.25) is 0 Å². The van der Waals surface area contributed by atoms with Gasteiger partial charge in [0.15, 0.2) is 17.4 Å². The van der Waals surface area contributed by atoms with Gasteiger partial charge in [0.25, 0.3) is 0 Å². The third kappa shape index (κ3) is 2.79. The van der Waals surface area contributed by atoms with E-state index in [1.54, 1.807) is 6.07 Å². The molecule has 3 N–H and O–H groups in total. The number of halogens is 2. The van der Waals surface area contributed by atoms with Gasteiger partial charge in [-0.1, -0.05) is 17.3 Å². The Labute approximate surface area is 107 Å². The summed E-state index contributed by atoms with van der Waals surface area (Å²) in [4.78, 5) is 0. The quantitative estimate of drug-likeness (QED) is 0.387. The van der Waals surface area contributed by atoms with Crippen molar-refractivity contribution in [1.29, 1.82) is 0 Å². The summed E-state index contributed by atoms with van der Waals surface area (Å²) in [6.07, 6.45) is 0. The van der Waals surface area contributed by atoms with Crippen LogP contribution in [0.3, 0.4) is 0 Å². The minimum atomic E-state index is -0.581. The van der Waals surface area contributed by atoms with E-state index in [1.807, 2.05) is 0 Å². The van der Waals surface area contributed by atoms with Crippen molar-refractivity contribution in [1.82, 2.24) is 0 Å². The first-order valence-electron chi connectivity index (χ1n) is 5.31. The topological polar surface area (TPSA) is 67.8 Å². The third-order valence-electron chi connectivity index (χ3n) is 2.38. The summed E-state index contributed by atoms with van der Waals surface area (Å²) in [5, 5.41) is 11.4. The average Bonchev–Trinajstić information content (AvgIpc) is 2.42. The second-order valence-corrected chi connectivity index (χ2v) is 3.66. The molecule has 0 saturated carbocycles. The summed E-state index contributed by atoms with van der Waals surface area (Å²) >= 11 is 0. The lowest BCUT2D eigenvalue weighted by atomic mass is 10.2. The van der Waals surface area contributed by atoms with E-state index >= 15 is 0 Å². The molecule has 2 aromatic carbocycles. The fourth-order valence-electron chi connectivity index (χ4n) is 1.49. The predicted molar refractivity (Wildman–Crippen MR) is 65.4 cm³/mol. The van der Waals surface area contributed by atoms with Crippen LogP contribution in [0, 0.1) is 11.6 Å². The van der Waals surface area contributed by atoms with Crippen LogP contribution in [0.4, 0.5) is 8.78 Å². The van der Waals surface area contributed by atoms with Gasteiger partial charge in [0.1, 0.15) is 11.6 Å². The zero-order valence-electron chi connectivity index (χ0n) is 9.68. The maximum absolute atomic E-state index is 13.5. The average molecular weight is 264 g/mol. The van der Waals surface area contributed by atoms with Crippen molar-refractivity contribution in [3.63, 3.8) is 0 Å². The highest BCUT2D eigenvalue weighted by molar-refractivity contribution is 5.99. The van der Waals surface area contributed by atoms with E-state index in [-0.39, 0.29) is 22.9 Å². The van der Waals surface area contributed by atoms with Crippen molar-refractivity contribution < 1.29 is 18.7 Å². The molecule has 98 valence electrons. The van der Waals surface area contributed by atoms with Crippen molar-refractivity contribution in [3.05, 3.63) is 59.7 Å². The fraction of sp³-hybridized carbons (Fsp3) is 0. The van der Waals surface area contributed by atoms with E-state index in [2.05, 4.69) is 5.16 Å². The minimum Gasteiger partial charge on any atom is -0.454 e.